The van der Waals surface area contributed by atoms with Crippen molar-refractivity contribution < 1.29 is 4.79 Å². The van der Waals surface area contributed by atoms with Gasteiger partial charge in [-0.05, 0) is 20.5 Å². The van der Waals surface area contributed by atoms with E-state index in [1.807, 2.05) is 25.9 Å². The number of carbonyl (C=O) groups is 1. The molecule has 0 saturated carbocycles. The van der Waals surface area contributed by atoms with E-state index in [2.05, 4.69) is 5.32 Å². The van der Waals surface area contributed by atoms with E-state index in [-0.39, 0.29) is 5.91 Å². The minimum atomic E-state index is 0.153. The Kier molecular flexibility index (Phi) is 5.84. The molecular formula is C8H18N2O. The lowest BCUT2D eigenvalue weighted by molar-refractivity contribution is -0.121. The van der Waals surface area contributed by atoms with Crippen molar-refractivity contribution in [1.82, 2.24) is 10.2 Å². The van der Waals surface area contributed by atoms with Crippen molar-refractivity contribution >= 4 is 5.91 Å². The van der Waals surface area contributed by atoms with Crippen molar-refractivity contribution in [2.45, 2.75) is 19.8 Å². The van der Waals surface area contributed by atoms with Gasteiger partial charge in [-0.25, -0.2) is 0 Å². The molecule has 0 spiro atoms. The number of nitrogens with zero attached hydrogens (tertiary/aromatic N) is 1. The summed E-state index contributed by atoms with van der Waals surface area (Å²) in [6, 6.07) is 0. The van der Waals surface area contributed by atoms with Gasteiger partial charge in [-0.1, -0.05) is 6.92 Å². The van der Waals surface area contributed by atoms with Gasteiger partial charge in [-0.15, -0.1) is 0 Å². The zero-order valence-corrected chi connectivity index (χ0v) is 7.68. The summed E-state index contributed by atoms with van der Waals surface area (Å²) in [5, 5.41) is 2.82. The van der Waals surface area contributed by atoms with Crippen molar-refractivity contribution in [3.8, 4) is 0 Å². The molecule has 0 saturated heterocycles. The maximum absolute atomic E-state index is 11.0. The molecule has 0 radical (unpaired) electrons. The average Bonchev–Trinajstić information content (AvgIpc) is 1.97. The summed E-state index contributed by atoms with van der Waals surface area (Å²) in [6.45, 7) is 3.67. The summed E-state index contributed by atoms with van der Waals surface area (Å²) < 4.78 is 0. The highest BCUT2D eigenvalue weighted by atomic mass is 16.1. The Labute approximate surface area is 68.8 Å². The maximum Gasteiger partial charge on any atom is 0.221 e. The van der Waals surface area contributed by atoms with E-state index >= 15 is 0 Å². The molecule has 1 amide bonds. The summed E-state index contributed by atoms with van der Waals surface area (Å²) in [7, 11) is 3.93. The molecule has 11 heavy (non-hydrogen) atoms. The number of hydrogen-bond donors (Lipinski definition) is 1. The van der Waals surface area contributed by atoms with Gasteiger partial charge in [0.2, 0.25) is 5.91 Å². The van der Waals surface area contributed by atoms with Gasteiger partial charge in [0.15, 0.2) is 0 Å². The molecule has 0 aliphatic rings. The summed E-state index contributed by atoms with van der Waals surface area (Å²) in [5.74, 6) is 0.153. The van der Waals surface area contributed by atoms with Gasteiger partial charge in [0.25, 0.3) is 0 Å². The molecule has 66 valence electrons. The molecule has 0 aliphatic heterocycles. The smallest absolute Gasteiger partial charge is 0.221 e. The minimum absolute atomic E-state index is 0.153. The summed E-state index contributed by atoms with van der Waals surface area (Å²) in [4.78, 5) is 13.0. The van der Waals surface area contributed by atoms with Crippen LogP contribution in [0.25, 0.3) is 0 Å². The average molecular weight is 158 g/mol. The lowest BCUT2D eigenvalue weighted by Gasteiger charge is -2.08. The molecule has 3 nitrogen and oxygen atoms in total. The van der Waals surface area contributed by atoms with Gasteiger partial charge in [0.05, 0.1) is 0 Å². The van der Waals surface area contributed by atoms with Crippen LogP contribution in [0.2, 0.25) is 0 Å². The second-order valence-electron chi connectivity index (χ2n) is 2.90. The van der Waals surface area contributed by atoms with Gasteiger partial charge in [-0.3, -0.25) is 4.79 Å². The van der Waals surface area contributed by atoms with E-state index in [0.717, 1.165) is 19.5 Å². The third-order valence-electron chi connectivity index (χ3n) is 1.36. The maximum atomic E-state index is 11.0. The van der Waals surface area contributed by atoms with Crippen LogP contribution in [-0.4, -0.2) is 38.0 Å². The van der Waals surface area contributed by atoms with E-state index in [9.17, 15) is 4.79 Å². The Hall–Kier alpha value is -0.570. The molecule has 0 bridgehead atoms. The normalized spacial score (nSPS) is 10.2. The van der Waals surface area contributed by atoms with Crippen LogP contribution in [0.1, 0.15) is 19.8 Å². The Morgan fingerprint density at radius 2 is 2.09 bits per heavy atom. The van der Waals surface area contributed by atoms with Crippen LogP contribution in [0.4, 0.5) is 0 Å². The Bertz CT molecular complexity index is 113. The van der Waals surface area contributed by atoms with Crippen LogP contribution in [-0.2, 0) is 4.79 Å². The molecule has 1 N–H and O–H groups in total. The first-order valence-electron chi connectivity index (χ1n) is 4.08. The van der Waals surface area contributed by atoms with Crippen LogP contribution in [0, 0.1) is 0 Å². The monoisotopic (exact) mass is 158 g/mol. The highest BCUT2D eigenvalue weighted by molar-refractivity contribution is 5.75. The predicted molar refractivity (Wildman–Crippen MR) is 46.5 cm³/mol. The highest BCUT2D eigenvalue weighted by Gasteiger charge is 1.99. The van der Waals surface area contributed by atoms with Gasteiger partial charge in [0, 0.05) is 19.5 Å². The van der Waals surface area contributed by atoms with Gasteiger partial charge < -0.3 is 10.2 Å². The van der Waals surface area contributed by atoms with Gasteiger partial charge in [0.1, 0.15) is 0 Å². The van der Waals surface area contributed by atoms with E-state index < -0.39 is 0 Å². The zero-order chi connectivity index (χ0) is 8.69. The summed E-state index contributed by atoms with van der Waals surface area (Å²) in [5.41, 5.74) is 0. The number of carbonyl (C=O) groups excluding carboxylic acids is 1. The standard InChI is InChI=1S/C8H18N2O/c1-4-6-9-8(11)5-7-10(2)3/h4-7H2,1-3H3,(H,9,11). The molecular weight excluding hydrogens is 140 g/mol. The number of rotatable bonds is 5. The second kappa shape index (κ2) is 6.16. The van der Waals surface area contributed by atoms with Gasteiger partial charge >= 0.3 is 0 Å². The van der Waals surface area contributed by atoms with Crippen molar-refractivity contribution in [2.24, 2.45) is 0 Å². The van der Waals surface area contributed by atoms with Crippen molar-refractivity contribution in [2.75, 3.05) is 27.2 Å². The first-order valence-corrected chi connectivity index (χ1v) is 4.08. The molecule has 0 aromatic rings. The lowest BCUT2D eigenvalue weighted by Crippen LogP contribution is -2.27. The van der Waals surface area contributed by atoms with Gasteiger partial charge in [-0.2, -0.15) is 0 Å². The predicted octanol–water partition coefficient (Wildman–Crippen LogP) is 0.464. The quantitative estimate of drug-likeness (QED) is 0.630. The molecule has 3 heteroatoms. The number of amides is 1. The summed E-state index contributed by atoms with van der Waals surface area (Å²) >= 11 is 0. The summed E-state index contributed by atoms with van der Waals surface area (Å²) in [6.07, 6.45) is 1.61. The van der Waals surface area contributed by atoms with E-state index in [0.29, 0.717) is 6.42 Å². The molecule has 0 atom stereocenters. The Morgan fingerprint density at radius 1 is 1.45 bits per heavy atom. The minimum Gasteiger partial charge on any atom is -0.356 e. The van der Waals surface area contributed by atoms with Crippen LogP contribution >= 0.6 is 0 Å². The van der Waals surface area contributed by atoms with Crippen LogP contribution in [0.5, 0.6) is 0 Å². The number of nitrogens with one attached hydrogen (secondary N) is 1. The Morgan fingerprint density at radius 3 is 2.55 bits per heavy atom. The fourth-order valence-electron chi connectivity index (χ4n) is 0.678. The third kappa shape index (κ3) is 7.33. The molecule has 0 aromatic heterocycles. The molecule has 0 aromatic carbocycles. The van der Waals surface area contributed by atoms with E-state index in [4.69, 9.17) is 0 Å². The lowest BCUT2D eigenvalue weighted by atomic mass is 10.3. The van der Waals surface area contributed by atoms with Crippen LogP contribution in [0.3, 0.4) is 0 Å². The topological polar surface area (TPSA) is 32.3 Å². The van der Waals surface area contributed by atoms with E-state index in [1.165, 1.54) is 0 Å². The van der Waals surface area contributed by atoms with E-state index in [1.54, 1.807) is 0 Å². The first-order chi connectivity index (χ1) is 5.16. The Balaban J connectivity index is 3.23. The molecule has 0 heterocycles. The largest absolute Gasteiger partial charge is 0.356 e. The third-order valence-corrected chi connectivity index (χ3v) is 1.36. The fraction of sp³-hybridized carbons (Fsp3) is 0.875. The number of hydrogen-bond acceptors (Lipinski definition) is 2. The van der Waals surface area contributed by atoms with Crippen LogP contribution < -0.4 is 5.32 Å². The highest BCUT2D eigenvalue weighted by Crippen LogP contribution is 1.83. The van der Waals surface area contributed by atoms with Crippen molar-refractivity contribution in [1.29, 1.82) is 0 Å². The molecule has 0 unspecified atom stereocenters. The van der Waals surface area contributed by atoms with Crippen LogP contribution in [0.15, 0.2) is 0 Å². The second-order valence-corrected chi connectivity index (χ2v) is 2.90. The molecule has 0 rings (SSSR count). The first kappa shape index (κ1) is 10.4. The molecule has 0 aliphatic carbocycles. The SMILES string of the molecule is CCCNC(=O)CCN(C)C. The van der Waals surface area contributed by atoms with Crippen molar-refractivity contribution in [3.05, 3.63) is 0 Å². The van der Waals surface area contributed by atoms with Crippen molar-refractivity contribution in [3.63, 3.8) is 0 Å². The fourth-order valence-corrected chi connectivity index (χ4v) is 0.678. The molecule has 0 fully saturated rings. The zero-order valence-electron chi connectivity index (χ0n) is 7.68.